The first kappa shape index (κ1) is 17.9. The summed E-state index contributed by atoms with van der Waals surface area (Å²) in [6.45, 7) is 4.08. The summed E-state index contributed by atoms with van der Waals surface area (Å²) in [5.74, 6) is -0.369. The van der Waals surface area contributed by atoms with Crippen LogP contribution in [0.4, 0.5) is 0 Å². The first-order valence-electron chi connectivity index (χ1n) is 6.44. The highest BCUT2D eigenvalue weighted by Crippen LogP contribution is 2.23. The average molecular weight is 338 g/mol. The van der Waals surface area contributed by atoms with E-state index in [1.807, 2.05) is 13.8 Å². The number of imidazole rings is 1. The Morgan fingerprint density at radius 2 is 2.14 bits per heavy atom. The van der Waals surface area contributed by atoms with Crippen LogP contribution in [-0.4, -0.2) is 48.4 Å². The quantitative estimate of drug-likeness (QED) is 0.700. The molecule has 21 heavy (non-hydrogen) atoms. The van der Waals surface area contributed by atoms with E-state index in [0.717, 1.165) is 0 Å². The van der Waals surface area contributed by atoms with Crippen LogP contribution in [0.25, 0.3) is 0 Å². The van der Waals surface area contributed by atoms with E-state index in [1.54, 1.807) is 7.05 Å². The molecule has 1 heterocycles. The molecule has 0 radical (unpaired) electrons. The highest BCUT2D eigenvalue weighted by Gasteiger charge is 2.30. The molecular weight excluding hydrogens is 318 g/mol. The van der Waals surface area contributed by atoms with Gasteiger partial charge in [-0.05, 0) is 5.92 Å². The van der Waals surface area contributed by atoms with Crippen molar-refractivity contribution in [2.75, 3.05) is 20.2 Å². The van der Waals surface area contributed by atoms with Crippen molar-refractivity contribution in [3.05, 3.63) is 11.5 Å². The number of esters is 1. The molecule has 0 aromatic carbocycles. The topological polar surface area (TPSA) is 81.5 Å². The molecule has 0 saturated heterocycles. The molecule has 1 aromatic heterocycles. The van der Waals surface area contributed by atoms with Crippen LogP contribution < -0.4 is 0 Å². The monoisotopic (exact) mass is 337 g/mol. The van der Waals surface area contributed by atoms with Crippen LogP contribution in [-0.2, 0) is 26.6 Å². The van der Waals surface area contributed by atoms with Crippen molar-refractivity contribution in [2.45, 2.75) is 25.3 Å². The van der Waals surface area contributed by atoms with Gasteiger partial charge >= 0.3 is 5.97 Å². The summed E-state index contributed by atoms with van der Waals surface area (Å²) in [6, 6.07) is 0. The molecule has 0 aliphatic rings. The highest BCUT2D eigenvalue weighted by molar-refractivity contribution is 7.89. The number of aryl methyl sites for hydroxylation is 1. The number of carbonyl (C=O) groups excluding carboxylic acids is 1. The van der Waals surface area contributed by atoms with Crippen LogP contribution in [0.15, 0.2) is 11.4 Å². The Hall–Kier alpha value is -1.12. The second-order valence-electron chi connectivity index (χ2n) is 5.03. The summed E-state index contributed by atoms with van der Waals surface area (Å²) in [6.07, 6.45) is 1.32. The number of aromatic nitrogens is 2. The number of hydrogen-bond donors (Lipinski definition) is 0. The van der Waals surface area contributed by atoms with E-state index in [1.165, 1.54) is 22.3 Å². The molecule has 7 nitrogen and oxygen atoms in total. The van der Waals surface area contributed by atoms with E-state index in [4.69, 9.17) is 11.6 Å². The molecule has 9 heteroatoms. The Balaban J connectivity index is 3.05. The molecule has 0 amide bonds. The fourth-order valence-corrected chi connectivity index (χ4v) is 3.72. The van der Waals surface area contributed by atoms with Gasteiger partial charge in [-0.3, -0.25) is 4.79 Å². The number of rotatable bonds is 7. The van der Waals surface area contributed by atoms with E-state index in [9.17, 15) is 13.2 Å². The predicted octanol–water partition coefficient (Wildman–Crippen LogP) is 1.28. The molecule has 0 aliphatic carbocycles. The number of sulfonamides is 1. The van der Waals surface area contributed by atoms with Crippen molar-refractivity contribution in [3.8, 4) is 0 Å². The van der Waals surface area contributed by atoms with Crippen molar-refractivity contribution in [3.63, 3.8) is 0 Å². The summed E-state index contributed by atoms with van der Waals surface area (Å²) < 4.78 is 32.4. The lowest BCUT2D eigenvalue weighted by atomic mass is 10.2. The average Bonchev–Trinajstić information content (AvgIpc) is 2.74. The third-order valence-electron chi connectivity index (χ3n) is 2.78. The zero-order valence-corrected chi connectivity index (χ0v) is 14.1. The Labute approximate surface area is 129 Å². The fraction of sp³-hybridized carbons (Fsp3) is 0.667. The highest BCUT2D eigenvalue weighted by atomic mass is 35.5. The number of ether oxygens (including phenoxy) is 1. The maximum Gasteiger partial charge on any atom is 0.306 e. The molecule has 0 saturated carbocycles. The number of carbonyl (C=O) groups is 1. The van der Waals surface area contributed by atoms with Gasteiger partial charge in [0.25, 0.3) is 10.0 Å². The number of hydrogen-bond acceptors (Lipinski definition) is 5. The van der Waals surface area contributed by atoms with Crippen LogP contribution in [0.5, 0.6) is 0 Å². The summed E-state index contributed by atoms with van der Waals surface area (Å²) >= 11 is 5.97. The predicted molar refractivity (Wildman–Crippen MR) is 78.4 cm³/mol. The molecule has 0 spiro atoms. The summed E-state index contributed by atoms with van der Waals surface area (Å²) in [5.41, 5.74) is 0. The maximum absolute atomic E-state index is 12.6. The van der Waals surface area contributed by atoms with Gasteiger partial charge in [0.15, 0.2) is 0 Å². The van der Waals surface area contributed by atoms with Crippen LogP contribution >= 0.6 is 11.6 Å². The fourth-order valence-electron chi connectivity index (χ4n) is 1.72. The van der Waals surface area contributed by atoms with Gasteiger partial charge in [-0.25, -0.2) is 13.4 Å². The maximum atomic E-state index is 12.6. The van der Waals surface area contributed by atoms with Crippen LogP contribution in [0.1, 0.15) is 20.3 Å². The van der Waals surface area contributed by atoms with E-state index >= 15 is 0 Å². The molecule has 0 fully saturated rings. The standard InChI is InChI=1S/C12H20ClN3O4S/c1-9(2)7-16(6-5-10(17)20-4)21(18,19)12-11(13)15(3)8-14-12/h8-9H,5-7H2,1-4H3. The van der Waals surface area contributed by atoms with Crippen LogP contribution in [0.2, 0.25) is 5.15 Å². The molecule has 0 unspecified atom stereocenters. The Kier molecular flexibility index (Phi) is 6.18. The number of halogens is 1. The minimum atomic E-state index is -3.85. The second kappa shape index (κ2) is 7.24. The molecule has 0 bridgehead atoms. The van der Waals surface area contributed by atoms with E-state index in [2.05, 4.69) is 9.72 Å². The van der Waals surface area contributed by atoms with Gasteiger partial charge in [0.2, 0.25) is 5.03 Å². The van der Waals surface area contributed by atoms with E-state index < -0.39 is 16.0 Å². The van der Waals surface area contributed by atoms with E-state index in [0.29, 0.717) is 0 Å². The minimum Gasteiger partial charge on any atom is -0.469 e. The summed E-state index contributed by atoms with van der Waals surface area (Å²) in [7, 11) is -0.978. The van der Waals surface area contributed by atoms with Gasteiger partial charge in [0.05, 0.1) is 19.9 Å². The minimum absolute atomic E-state index is 0.0209. The summed E-state index contributed by atoms with van der Waals surface area (Å²) in [4.78, 5) is 15.1. The lowest BCUT2D eigenvalue weighted by Crippen LogP contribution is -2.36. The Bertz CT molecular complexity index is 598. The van der Waals surface area contributed by atoms with Crippen LogP contribution in [0, 0.1) is 5.92 Å². The largest absolute Gasteiger partial charge is 0.469 e. The van der Waals surface area contributed by atoms with Crippen LogP contribution in [0.3, 0.4) is 0 Å². The molecule has 1 rings (SSSR count). The normalized spacial score (nSPS) is 12.1. The first-order valence-corrected chi connectivity index (χ1v) is 8.25. The molecule has 0 aliphatic heterocycles. The van der Waals surface area contributed by atoms with Gasteiger partial charge in [-0.2, -0.15) is 4.31 Å². The SMILES string of the molecule is COC(=O)CCN(CC(C)C)S(=O)(=O)c1ncn(C)c1Cl. The number of nitrogens with zero attached hydrogens (tertiary/aromatic N) is 3. The van der Waals surface area contributed by atoms with Gasteiger partial charge in [-0.15, -0.1) is 0 Å². The lowest BCUT2D eigenvalue weighted by Gasteiger charge is -2.22. The van der Waals surface area contributed by atoms with Gasteiger partial charge < -0.3 is 9.30 Å². The zero-order chi connectivity index (χ0) is 16.2. The third kappa shape index (κ3) is 4.42. The first-order chi connectivity index (χ1) is 9.70. The van der Waals surface area contributed by atoms with Gasteiger partial charge in [0, 0.05) is 20.1 Å². The Morgan fingerprint density at radius 1 is 1.52 bits per heavy atom. The lowest BCUT2D eigenvalue weighted by molar-refractivity contribution is -0.140. The molecule has 1 aromatic rings. The second-order valence-corrected chi connectivity index (χ2v) is 7.25. The van der Waals surface area contributed by atoms with E-state index in [-0.39, 0.29) is 35.6 Å². The van der Waals surface area contributed by atoms with Crippen molar-refractivity contribution in [1.29, 1.82) is 0 Å². The molecule has 0 N–H and O–H groups in total. The molecular formula is C12H20ClN3O4S. The van der Waals surface area contributed by atoms with Gasteiger partial charge in [0.1, 0.15) is 5.15 Å². The van der Waals surface area contributed by atoms with Crippen molar-refractivity contribution >= 4 is 27.6 Å². The smallest absolute Gasteiger partial charge is 0.306 e. The third-order valence-corrected chi connectivity index (χ3v) is 5.14. The Morgan fingerprint density at radius 3 is 2.57 bits per heavy atom. The van der Waals surface area contributed by atoms with Crippen molar-refractivity contribution in [1.82, 2.24) is 13.9 Å². The number of methoxy groups -OCH3 is 1. The molecule has 120 valence electrons. The summed E-state index contributed by atoms with van der Waals surface area (Å²) in [5, 5.41) is -0.154. The van der Waals surface area contributed by atoms with Crippen molar-refractivity contribution in [2.24, 2.45) is 13.0 Å². The molecule has 0 atom stereocenters. The van der Waals surface area contributed by atoms with Gasteiger partial charge in [-0.1, -0.05) is 25.4 Å². The van der Waals surface area contributed by atoms with Crippen molar-refractivity contribution < 1.29 is 17.9 Å². The zero-order valence-electron chi connectivity index (χ0n) is 12.5.